The summed E-state index contributed by atoms with van der Waals surface area (Å²) in [4.78, 5) is 14.3. The van der Waals surface area contributed by atoms with E-state index < -0.39 is 15.6 Å². The first kappa shape index (κ1) is 18.4. The van der Waals surface area contributed by atoms with Crippen LogP contribution < -0.4 is 4.72 Å². The summed E-state index contributed by atoms with van der Waals surface area (Å²) in [6.45, 7) is 0.225. The molecule has 1 saturated carbocycles. The summed E-state index contributed by atoms with van der Waals surface area (Å²) in [6.07, 6.45) is 5.32. The Kier molecular flexibility index (Phi) is 5.18. The molecule has 7 heteroatoms. The normalized spacial score (nSPS) is 29.9. The van der Waals surface area contributed by atoms with E-state index in [1.54, 1.807) is 4.90 Å². The number of amides is 1. The summed E-state index contributed by atoms with van der Waals surface area (Å²) < 4.78 is 24.8. The highest BCUT2D eigenvalue weighted by Crippen LogP contribution is 2.46. The minimum Gasteiger partial charge on any atom is -0.385 e. The lowest BCUT2D eigenvalue weighted by atomic mass is 9.66. The number of nitrogens with zero attached hydrogens (tertiary/aromatic N) is 1. The molecule has 0 unspecified atom stereocenters. The topological polar surface area (TPSA) is 86.7 Å². The van der Waals surface area contributed by atoms with Gasteiger partial charge in [0.15, 0.2) is 0 Å². The highest BCUT2D eigenvalue weighted by molar-refractivity contribution is 7.88. The number of piperidine rings is 1. The van der Waals surface area contributed by atoms with Crippen molar-refractivity contribution in [2.24, 2.45) is 5.92 Å². The van der Waals surface area contributed by atoms with E-state index in [1.807, 2.05) is 30.3 Å². The number of sulfonamides is 1. The van der Waals surface area contributed by atoms with E-state index in [-0.39, 0.29) is 24.4 Å². The van der Waals surface area contributed by atoms with E-state index in [2.05, 4.69) is 4.72 Å². The van der Waals surface area contributed by atoms with Crippen LogP contribution in [0.1, 0.15) is 37.7 Å². The smallest absolute Gasteiger partial charge is 0.237 e. The maximum Gasteiger partial charge on any atom is 0.237 e. The number of benzene rings is 1. The third-order valence-corrected chi connectivity index (χ3v) is 6.23. The molecule has 0 radical (unpaired) electrons. The number of likely N-dealkylation sites (tertiary alicyclic amines) is 1. The van der Waals surface area contributed by atoms with Crippen LogP contribution in [0.4, 0.5) is 0 Å². The number of fused-ring (bicyclic) bond motifs is 1. The second-order valence-corrected chi connectivity index (χ2v) is 9.01. The SMILES string of the molecule is CS(=O)(=O)NCC(=O)N1CC[C@@](O)(c2ccccc2)[C@H]2CCCC[C@@H]21. The van der Waals surface area contributed by atoms with Crippen molar-refractivity contribution in [3.8, 4) is 0 Å². The van der Waals surface area contributed by atoms with Crippen molar-refractivity contribution >= 4 is 15.9 Å². The standard InChI is InChI=1S/C18H26N2O4S/c1-25(23,24)19-13-17(21)20-12-11-18(22,14-7-3-2-4-8-14)15-9-5-6-10-16(15)20/h2-4,7-8,15-16,19,22H,5-6,9-13H2,1H3/t15-,16-,18+/m0/s1. The van der Waals surface area contributed by atoms with Crippen molar-refractivity contribution < 1.29 is 18.3 Å². The number of hydrogen-bond acceptors (Lipinski definition) is 4. The predicted molar refractivity (Wildman–Crippen MR) is 95.3 cm³/mol. The van der Waals surface area contributed by atoms with Crippen LogP contribution >= 0.6 is 0 Å². The van der Waals surface area contributed by atoms with Gasteiger partial charge in [-0.3, -0.25) is 4.79 Å². The average Bonchev–Trinajstić information content (AvgIpc) is 2.60. The van der Waals surface area contributed by atoms with Crippen LogP contribution in [0.25, 0.3) is 0 Å². The molecule has 1 saturated heterocycles. The zero-order valence-electron chi connectivity index (χ0n) is 14.5. The minimum absolute atomic E-state index is 0.0143. The van der Waals surface area contributed by atoms with Crippen LogP contribution in [-0.4, -0.2) is 49.7 Å². The van der Waals surface area contributed by atoms with Crippen molar-refractivity contribution in [3.63, 3.8) is 0 Å². The number of carbonyl (C=O) groups excluding carboxylic acids is 1. The molecule has 1 aromatic carbocycles. The Hall–Kier alpha value is -1.44. The van der Waals surface area contributed by atoms with E-state index in [1.165, 1.54) is 0 Å². The van der Waals surface area contributed by atoms with E-state index in [0.29, 0.717) is 13.0 Å². The Morgan fingerprint density at radius 3 is 2.64 bits per heavy atom. The molecule has 3 atom stereocenters. The number of carbonyl (C=O) groups is 1. The lowest BCUT2D eigenvalue weighted by Crippen LogP contribution is -2.60. The molecular weight excluding hydrogens is 340 g/mol. The van der Waals surface area contributed by atoms with E-state index in [4.69, 9.17) is 0 Å². The van der Waals surface area contributed by atoms with Crippen molar-refractivity contribution in [1.29, 1.82) is 0 Å². The van der Waals surface area contributed by atoms with Crippen LogP contribution in [0.5, 0.6) is 0 Å². The lowest BCUT2D eigenvalue weighted by molar-refractivity contribution is -0.153. The highest BCUT2D eigenvalue weighted by Gasteiger charge is 2.50. The number of nitrogens with one attached hydrogen (secondary N) is 1. The van der Waals surface area contributed by atoms with E-state index in [9.17, 15) is 18.3 Å². The zero-order chi connectivity index (χ0) is 18.1. The first-order valence-electron chi connectivity index (χ1n) is 8.83. The fraction of sp³-hybridized carbons (Fsp3) is 0.611. The van der Waals surface area contributed by atoms with Gasteiger partial charge in [-0.25, -0.2) is 13.1 Å². The van der Waals surface area contributed by atoms with Crippen LogP contribution in [0.15, 0.2) is 30.3 Å². The molecule has 0 bridgehead atoms. The van der Waals surface area contributed by atoms with Gasteiger partial charge in [0, 0.05) is 18.5 Å². The van der Waals surface area contributed by atoms with Gasteiger partial charge in [0.05, 0.1) is 18.4 Å². The largest absolute Gasteiger partial charge is 0.385 e. The van der Waals surface area contributed by atoms with Crippen LogP contribution in [0.3, 0.4) is 0 Å². The van der Waals surface area contributed by atoms with E-state index >= 15 is 0 Å². The Morgan fingerprint density at radius 1 is 1.28 bits per heavy atom. The molecule has 1 aliphatic carbocycles. The highest BCUT2D eigenvalue weighted by atomic mass is 32.2. The Bertz CT molecular complexity index is 722. The lowest BCUT2D eigenvalue weighted by Gasteiger charge is -2.52. The van der Waals surface area contributed by atoms with Gasteiger partial charge in [0.25, 0.3) is 0 Å². The minimum atomic E-state index is -3.40. The summed E-state index contributed by atoms with van der Waals surface area (Å²) >= 11 is 0. The van der Waals surface area contributed by atoms with Gasteiger partial charge in [-0.2, -0.15) is 0 Å². The summed E-state index contributed by atoms with van der Waals surface area (Å²) in [7, 11) is -3.40. The average molecular weight is 366 g/mol. The molecule has 2 aliphatic rings. The molecule has 0 spiro atoms. The third kappa shape index (κ3) is 3.88. The number of aliphatic hydroxyl groups is 1. The maximum atomic E-state index is 12.6. The molecule has 25 heavy (non-hydrogen) atoms. The Labute approximate surface area is 149 Å². The molecule has 1 amide bonds. The molecule has 6 nitrogen and oxygen atoms in total. The molecule has 1 heterocycles. The van der Waals surface area contributed by atoms with Gasteiger partial charge in [-0.15, -0.1) is 0 Å². The van der Waals surface area contributed by atoms with Crippen LogP contribution in [0.2, 0.25) is 0 Å². The van der Waals surface area contributed by atoms with E-state index in [0.717, 1.165) is 37.5 Å². The van der Waals surface area contributed by atoms with Gasteiger partial charge < -0.3 is 10.0 Å². The molecule has 2 fully saturated rings. The summed E-state index contributed by atoms with van der Waals surface area (Å²) in [5, 5.41) is 11.4. The fourth-order valence-electron chi connectivity index (χ4n) is 4.37. The van der Waals surface area contributed by atoms with Crippen LogP contribution in [-0.2, 0) is 20.4 Å². The molecule has 2 N–H and O–H groups in total. The second kappa shape index (κ2) is 7.05. The summed E-state index contributed by atoms with van der Waals surface area (Å²) in [5.41, 5.74) is -0.0128. The molecule has 1 aliphatic heterocycles. The van der Waals surface area contributed by atoms with Gasteiger partial charge >= 0.3 is 0 Å². The van der Waals surface area contributed by atoms with Crippen molar-refractivity contribution in [2.45, 2.75) is 43.7 Å². The summed E-state index contributed by atoms with van der Waals surface area (Å²) in [5.74, 6) is -0.225. The van der Waals surface area contributed by atoms with Crippen molar-refractivity contribution in [2.75, 3.05) is 19.3 Å². The quantitative estimate of drug-likeness (QED) is 0.839. The van der Waals surface area contributed by atoms with Crippen LogP contribution in [0, 0.1) is 5.92 Å². The molecule has 1 aromatic rings. The third-order valence-electron chi connectivity index (χ3n) is 5.56. The Balaban J connectivity index is 1.82. The predicted octanol–water partition coefficient (Wildman–Crippen LogP) is 1.21. The van der Waals surface area contributed by atoms with Gasteiger partial charge in [0.1, 0.15) is 0 Å². The van der Waals surface area contributed by atoms with Gasteiger partial charge in [-0.1, -0.05) is 43.2 Å². The van der Waals surface area contributed by atoms with Crippen molar-refractivity contribution in [1.82, 2.24) is 9.62 Å². The fourth-order valence-corrected chi connectivity index (χ4v) is 4.76. The summed E-state index contributed by atoms with van der Waals surface area (Å²) in [6, 6.07) is 9.66. The van der Waals surface area contributed by atoms with Crippen molar-refractivity contribution in [3.05, 3.63) is 35.9 Å². The first-order chi connectivity index (χ1) is 11.8. The zero-order valence-corrected chi connectivity index (χ0v) is 15.3. The second-order valence-electron chi connectivity index (χ2n) is 7.18. The number of hydrogen-bond donors (Lipinski definition) is 2. The van der Waals surface area contributed by atoms with Gasteiger partial charge in [0.2, 0.25) is 15.9 Å². The monoisotopic (exact) mass is 366 g/mol. The molecule has 138 valence electrons. The number of rotatable bonds is 4. The molecule has 3 rings (SSSR count). The molecular formula is C18H26N2O4S. The maximum absolute atomic E-state index is 12.6. The van der Waals surface area contributed by atoms with Gasteiger partial charge in [-0.05, 0) is 24.8 Å². The first-order valence-corrected chi connectivity index (χ1v) is 10.7. The Morgan fingerprint density at radius 2 is 1.96 bits per heavy atom. The molecule has 0 aromatic heterocycles.